The number of carbonyl (C=O) groups is 1. The van der Waals surface area contributed by atoms with E-state index in [9.17, 15) is 4.79 Å². The summed E-state index contributed by atoms with van der Waals surface area (Å²) in [6.07, 6.45) is 1.74. The second-order valence-corrected chi connectivity index (χ2v) is 5.29. The van der Waals surface area contributed by atoms with Crippen LogP contribution in [-0.4, -0.2) is 24.5 Å². The molecule has 1 aromatic heterocycles. The lowest BCUT2D eigenvalue weighted by Gasteiger charge is -2.21. The van der Waals surface area contributed by atoms with E-state index in [-0.39, 0.29) is 5.91 Å². The smallest absolute Gasteiger partial charge is 0.258 e. The zero-order chi connectivity index (χ0) is 14.4. The van der Waals surface area contributed by atoms with Crippen molar-refractivity contribution in [1.29, 1.82) is 0 Å². The van der Waals surface area contributed by atoms with Gasteiger partial charge in [-0.2, -0.15) is 0 Å². The first-order valence-electron chi connectivity index (χ1n) is 6.32. The van der Waals surface area contributed by atoms with Crippen LogP contribution in [0.1, 0.15) is 15.2 Å². The molecule has 1 amide bonds. The number of rotatable bonds is 6. The summed E-state index contributed by atoms with van der Waals surface area (Å²) in [4.78, 5) is 15.6. The molecule has 0 atom stereocenters. The second-order valence-electron chi connectivity index (χ2n) is 4.25. The fourth-order valence-corrected chi connectivity index (χ4v) is 2.68. The Labute approximate surface area is 123 Å². The number of carbonyl (C=O) groups excluding carboxylic acids is 1. The molecule has 3 nitrogen and oxygen atoms in total. The van der Waals surface area contributed by atoms with Gasteiger partial charge in [-0.3, -0.25) is 4.79 Å². The summed E-state index contributed by atoms with van der Waals surface area (Å²) < 4.78 is 5.26. The lowest BCUT2D eigenvalue weighted by atomic mass is 10.1. The molecule has 1 heterocycles. The summed E-state index contributed by atoms with van der Waals surface area (Å²) >= 11 is 1.64. The van der Waals surface area contributed by atoms with Crippen LogP contribution in [0.2, 0.25) is 0 Å². The fourth-order valence-electron chi connectivity index (χ4n) is 1.96. The van der Waals surface area contributed by atoms with Crippen molar-refractivity contribution in [3.63, 3.8) is 0 Å². The molecule has 104 valence electrons. The van der Waals surface area contributed by atoms with E-state index < -0.39 is 0 Å². The summed E-state index contributed by atoms with van der Waals surface area (Å²) in [5.74, 6) is 0.550. The lowest BCUT2D eigenvalue weighted by molar-refractivity contribution is 0.0761. The first-order valence-corrected chi connectivity index (χ1v) is 7.19. The van der Waals surface area contributed by atoms with Gasteiger partial charge in [0.05, 0.1) is 19.2 Å². The first kappa shape index (κ1) is 14.3. The van der Waals surface area contributed by atoms with Gasteiger partial charge in [0, 0.05) is 11.4 Å². The summed E-state index contributed by atoms with van der Waals surface area (Å²) in [6.45, 7) is 4.82. The van der Waals surface area contributed by atoms with Crippen LogP contribution in [0, 0.1) is 0 Å². The second kappa shape index (κ2) is 6.91. The highest BCUT2D eigenvalue weighted by atomic mass is 32.1. The minimum atomic E-state index is -0.0456. The molecular formula is C16H17NO2S. The Bertz CT molecular complexity index is 578. The maximum absolute atomic E-state index is 12.6. The van der Waals surface area contributed by atoms with Crippen LogP contribution in [-0.2, 0) is 6.54 Å². The molecule has 0 aliphatic heterocycles. The standard InChI is InChI=1S/C16H17NO2S/c1-3-10-17(12-13-7-6-11-20-13)16(18)14-8-4-5-9-15(14)19-2/h3-9,11H,1,10,12H2,2H3. The van der Waals surface area contributed by atoms with Gasteiger partial charge in [0.1, 0.15) is 5.75 Å². The van der Waals surface area contributed by atoms with Crippen LogP contribution < -0.4 is 4.74 Å². The molecule has 0 radical (unpaired) electrons. The van der Waals surface area contributed by atoms with Gasteiger partial charge in [-0.25, -0.2) is 0 Å². The van der Waals surface area contributed by atoms with Gasteiger partial charge < -0.3 is 9.64 Å². The highest BCUT2D eigenvalue weighted by Crippen LogP contribution is 2.21. The number of para-hydroxylation sites is 1. The SMILES string of the molecule is C=CCN(Cc1cccs1)C(=O)c1ccccc1OC. The molecule has 0 N–H and O–H groups in total. The number of benzene rings is 1. The Balaban J connectivity index is 2.24. The van der Waals surface area contributed by atoms with Gasteiger partial charge in [-0.1, -0.05) is 24.3 Å². The number of methoxy groups -OCH3 is 1. The molecule has 0 fully saturated rings. The number of hydrogen-bond donors (Lipinski definition) is 0. The minimum Gasteiger partial charge on any atom is -0.496 e. The van der Waals surface area contributed by atoms with Crippen LogP contribution in [0.25, 0.3) is 0 Å². The Hall–Kier alpha value is -2.07. The third kappa shape index (κ3) is 3.27. The van der Waals surface area contributed by atoms with E-state index in [1.165, 1.54) is 0 Å². The summed E-state index contributed by atoms with van der Waals surface area (Å²) in [5.41, 5.74) is 0.577. The quantitative estimate of drug-likeness (QED) is 0.760. The summed E-state index contributed by atoms with van der Waals surface area (Å²) in [6, 6.07) is 11.3. The van der Waals surface area contributed by atoms with E-state index in [0.29, 0.717) is 24.4 Å². The Morgan fingerprint density at radius 3 is 2.80 bits per heavy atom. The minimum absolute atomic E-state index is 0.0456. The van der Waals surface area contributed by atoms with Gasteiger partial charge in [0.2, 0.25) is 0 Å². The Morgan fingerprint density at radius 2 is 2.15 bits per heavy atom. The van der Waals surface area contributed by atoms with E-state index in [0.717, 1.165) is 4.88 Å². The van der Waals surface area contributed by atoms with E-state index >= 15 is 0 Å². The number of thiophene rings is 1. The molecule has 0 unspecified atom stereocenters. The monoisotopic (exact) mass is 287 g/mol. The topological polar surface area (TPSA) is 29.5 Å². The molecule has 2 rings (SSSR count). The molecule has 0 saturated heterocycles. The van der Waals surface area contributed by atoms with E-state index in [1.807, 2.05) is 29.6 Å². The first-order chi connectivity index (χ1) is 9.76. The average molecular weight is 287 g/mol. The molecule has 1 aromatic carbocycles. The zero-order valence-electron chi connectivity index (χ0n) is 11.4. The average Bonchev–Trinajstić information content (AvgIpc) is 2.99. The fraction of sp³-hybridized carbons (Fsp3) is 0.188. The summed E-state index contributed by atoms with van der Waals surface area (Å²) in [5, 5.41) is 2.01. The van der Waals surface area contributed by atoms with Crippen molar-refractivity contribution < 1.29 is 9.53 Å². The van der Waals surface area contributed by atoms with Crippen LogP contribution in [0.5, 0.6) is 5.75 Å². The van der Waals surface area contributed by atoms with Crippen molar-refractivity contribution in [1.82, 2.24) is 4.90 Å². The van der Waals surface area contributed by atoms with Crippen LogP contribution in [0.3, 0.4) is 0 Å². The third-order valence-electron chi connectivity index (χ3n) is 2.90. The highest BCUT2D eigenvalue weighted by Gasteiger charge is 2.18. The van der Waals surface area contributed by atoms with Crippen LogP contribution >= 0.6 is 11.3 Å². The maximum atomic E-state index is 12.6. The van der Waals surface area contributed by atoms with Crippen molar-refractivity contribution in [2.75, 3.05) is 13.7 Å². The molecule has 4 heteroatoms. The maximum Gasteiger partial charge on any atom is 0.258 e. The van der Waals surface area contributed by atoms with Gasteiger partial charge in [-0.05, 0) is 23.6 Å². The molecule has 0 saturated carbocycles. The van der Waals surface area contributed by atoms with Crippen LogP contribution in [0.15, 0.2) is 54.4 Å². The van der Waals surface area contributed by atoms with Crippen molar-refractivity contribution in [3.05, 3.63) is 64.9 Å². The lowest BCUT2D eigenvalue weighted by Crippen LogP contribution is -2.30. The van der Waals surface area contributed by atoms with E-state index in [1.54, 1.807) is 41.6 Å². The molecule has 0 aliphatic carbocycles. The normalized spacial score (nSPS) is 10.1. The predicted octanol–water partition coefficient (Wildman–Crippen LogP) is 3.59. The molecule has 0 bridgehead atoms. The molecular weight excluding hydrogens is 270 g/mol. The Morgan fingerprint density at radius 1 is 1.35 bits per heavy atom. The van der Waals surface area contributed by atoms with E-state index in [4.69, 9.17) is 4.74 Å². The zero-order valence-corrected chi connectivity index (χ0v) is 12.2. The third-order valence-corrected chi connectivity index (χ3v) is 3.76. The molecule has 2 aromatic rings. The van der Waals surface area contributed by atoms with Crippen LogP contribution in [0.4, 0.5) is 0 Å². The number of ether oxygens (including phenoxy) is 1. The van der Waals surface area contributed by atoms with Crippen molar-refractivity contribution in [2.24, 2.45) is 0 Å². The highest BCUT2D eigenvalue weighted by molar-refractivity contribution is 7.09. The Kier molecular flexibility index (Phi) is 4.96. The van der Waals surface area contributed by atoms with Crippen molar-refractivity contribution >= 4 is 17.2 Å². The van der Waals surface area contributed by atoms with E-state index in [2.05, 4.69) is 6.58 Å². The summed E-state index contributed by atoms with van der Waals surface area (Å²) in [7, 11) is 1.57. The number of amides is 1. The molecule has 0 aliphatic rings. The van der Waals surface area contributed by atoms with Gasteiger partial charge in [0.25, 0.3) is 5.91 Å². The van der Waals surface area contributed by atoms with Gasteiger partial charge in [0.15, 0.2) is 0 Å². The molecule has 20 heavy (non-hydrogen) atoms. The largest absolute Gasteiger partial charge is 0.496 e. The molecule has 0 spiro atoms. The predicted molar refractivity (Wildman–Crippen MR) is 82.3 cm³/mol. The number of hydrogen-bond acceptors (Lipinski definition) is 3. The van der Waals surface area contributed by atoms with Crippen molar-refractivity contribution in [2.45, 2.75) is 6.54 Å². The van der Waals surface area contributed by atoms with Crippen molar-refractivity contribution in [3.8, 4) is 5.75 Å². The van der Waals surface area contributed by atoms with Gasteiger partial charge >= 0.3 is 0 Å². The number of nitrogens with zero attached hydrogens (tertiary/aromatic N) is 1. The van der Waals surface area contributed by atoms with Gasteiger partial charge in [-0.15, -0.1) is 17.9 Å².